The summed E-state index contributed by atoms with van der Waals surface area (Å²) in [6, 6.07) is 0. The van der Waals surface area contributed by atoms with E-state index in [1.165, 1.54) is 18.7 Å². The molecule has 0 bridgehead atoms. The summed E-state index contributed by atoms with van der Waals surface area (Å²) in [5.41, 5.74) is 1.23. The average Bonchev–Trinajstić information content (AvgIpc) is 2.80. The van der Waals surface area contributed by atoms with Gasteiger partial charge in [-0.25, -0.2) is 14.6 Å². The van der Waals surface area contributed by atoms with Crippen LogP contribution in [0.4, 0.5) is 5.95 Å². The van der Waals surface area contributed by atoms with Crippen LogP contribution in [-0.4, -0.2) is 48.3 Å². The Balaban J connectivity index is 1.84. The Morgan fingerprint density at radius 1 is 1.50 bits per heavy atom. The van der Waals surface area contributed by atoms with Crippen molar-refractivity contribution in [1.82, 2.24) is 30.2 Å². The highest BCUT2D eigenvalue weighted by molar-refractivity contribution is 7.99. The number of rotatable bonds is 6. The monoisotopic (exact) mass is 293 g/mol. The smallest absolute Gasteiger partial charge is 0.222 e. The zero-order valence-electron chi connectivity index (χ0n) is 11.5. The number of carbonyl (C=O) groups is 1. The number of aryl methyl sites for hydroxylation is 2. The van der Waals surface area contributed by atoms with Crippen molar-refractivity contribution in [1.29, 1.82) is 0 Å². The third-order valence-corrected chi connectivity index (χ3v) is 3.57. The Labute approximate surface area is 120 Å². The normalized spacial score (nSPS) is 10.6. The number of tetrazole rings is 1. The summed E-state index contributed by atoms with van der Waals surface area (Å²) in [6.07, 6.45) is 1.55. The van der Waals surface area contributed by atoms with Crippen LogP contribution in [0.15, 0.2) is 11.4 Å². The van der Waals surface area contributed by atoms with Gasteiger partial charge in [0.05, 0.1) is 11.3 Å². The average molecular weight is 293 g/mol. The quantitative estimate of drug-likeness (QED) is 0.472. The van der Waals surface area contributed by atoms with Gasteiger partial charge in [0.2, 0.25) is 11.1 Å². The molecule has 0 unspecified atom stereocenters. The molecule has 9 heteroatoms. The maximum Gasteiger partial charge on any atom is 0.222 e. The molecular formula is C11H15N7OS. The van der Waals surface area contributed by atoms with Crippen molar-refractivity contribution in [2.45, 2.75) is 19.0 Å². The van der Waals surface area contributed by atoms with E-state index in [4.69, 9.17) is 0 Å². The Morgan fingerprint density at radius 3 is 2.90 bits per heavy atom. The number of carbonyl (C=O) groups excluding carboxylic acids is 1. The van der Waals surface area contributed by atoms with Crippen LogP contribution >= 0.6 is 11.8 Å². The number of anilines is 1. The molecule has 0 aliphatic carbocycles. The first-order chi connectivity index (χ1) is 9.58. The third kappa shape index (κ3) is 3.50. The van der Waals surface area contributed by atoms with Gasteiger partial charge in [0.15, 0.2) is 5.78 Å². The highest BCUT2D eigenvalue weighted by atomic mass is 32.2. The summed E-state index contributed by atoms with van der Waals surface area (Å²) in [7, 11) is 1.79. The molecule has 0 fully saturated rings. The van der Waals surface area contributed by atoms with Crippen LogP contribution in [0, 0.1) is 6.92 Å². The molecule has 2 heterocycles. The second-order valence-corrected chi connectivity index (χ2v) is 5.17. The minimum absolute atomic E-state index is 0.0283. The van der Waals surface area contributed by atoms with E-state index < -0.39 is 0 Å². The zero-order valence-corrected chi connectivity index (χ0v) is 12.3. The van der Waals surface area contributed by atoms with Crippen LogP contribution in [0.2, 0.25) is 0 Å². The van der Waals surface area contributed by atoms with Gasteiger partial charge < -0.3 is 5.32 Å². The Kier molecular flexibility index (Phi) is 4.61. The largest absolute Gasteiger partial charge is 0.353 e. The number of thioether (sulfide) groups is 1. The Hall–Kier alpha value is -2.03. The predicted molar refractivity (Wildman–Crippen MR) is 74.8 cm³/mol. The molecule has 20 heavy (non-hydrogen) atoms. The van der Waals surface area contributed by atoms with E-state index in [1.54, 1.807) is 24.9 Å². The molecule has 0 aromatic carbocycles. The molecule has 0 saturated heterocycles. The number of ketones is 1. The van der Waals surface area contributed by atoms with Gasteiger partial charge in [0, 0.05) is 25.5 Å². The van der Waals surface area contributed by atoms with Gasteiger partial charge in [-0.15, -0.1) is 5.10 Å². The highest BCUT2D eigenvalue weighted by Gasteiger charge is 2.07. The number of nitrogens with one attached hydrogen (secondary N) is 1. The standard InChI is InChI=1S/C11H15N7OS/c1-7-9(8(2)19)6-13-10(14-7)12-4-5-20-11-15-16-17-18(11)3/h6H,4-5H2,1-3H3,(H,12,13,14). The molecule has 8 nitrogen and oxygen atoms in total. The number of hydrogen-bond donors (Lipinski definition) is 1. The lowest BCUT2D eigenvalue weighted by Gasteiger charge is -2.06. The van der Waals surface area contributed by atoms with Crippen LogP contribution in [0.25, 0.3) is 0 Å². The fourth-order valence-electron chi connectivity index (χ4n) is 1.55. The molecule has 106 valence electrons. The van der Waals surface area contributed by atoms with Gasteiger partial charge in [-0.2, -0.15) is 0 Å². The van der Waals surface area contributed by atoms with Crippen LogP contribution in [0.5, 0.6) is 0 Å². The third-order valence-electron chi connectivity index (χ3n) is 2.56. The van der Waals surface area contributed by atoms with Gasteiger partial charge in [-0.1, -0.05) is 11.8 Å². The van der Waals surface area contributed by atoms with Crippen molar-refractivity contribution in [2.75, 3.05) is 17.6 Å². The van der Waals surface area contributed by atoms with Crippen molar-refractivity contribution >= 4 is 23.5 Å². The van der Waals surface area contributed by atoms with Gasteiger partial charge >= 0.3 is 0 Å². The van der Waals surface area contributed by atoms with E-state index >= 15 is 0 Å². The van der Waals surface area contributed by atoms with Crippen molar-refractivity contribution in [3.8, 4) is 0 Å². The maximum atomic E-state index is 11.3. The number of Topliss-reactive ketones (excluding diaryl/α,β-unsaturated/α-hetero) is 1. The molecule has 0 aliphatic heterocycles. The fraction of sp³-hybridized carbons (Fsp3) is 0.455. The van der Waals surface area contributed by atoms with Crippen LogP contribution in [0.3, 0.4) is 0 Å². The summed E-state index contributed by atoms with van der Waals surface area (Å²) < 4.78 is 1.62. The van der Waals surface area contributed by atoms with E-state index in [-0.39, 0.29) is 5.78 Å². The SMILES string of the molecule is CC(=O)c1cnc(NCCSc2nnnn2C)nc1C. The first-order valence-electron chi connectivity index (χ1n) is 6.01. The molecule has 2 aromatic heterocycles. The maximum absolute atomic E-state index is 11.3. The molecule has 0 spiro atoms. The first-order valence-corrected chi connectivity index (χ1v) is 7.00. The van der Waals surface area contributed by atoms with E-state index in [0.29, 0.717) is 23.8 Å². The summed E-state index contributed by atoms with van der Waals surface area (Å²) in [5, 5.41) is 15.0. The molecule has 0 amide bonds. The fourth-order valence-corrected chi connectivity index (χ4v) is 2.25. The summed E-state index contributed by atoms with van der Waals surface area (Å²) >= 11 is 1.54. The molecule has 2 rings (SSSR count). The zero-order chi connectivity index (χ0) is 14.5. The minimum atomic E-state index is -0.0283. The van der Waals surface area contributed by atoms with E-state index in [2.05, 4.69) is 30.8 Å². The van der Waals surface area contributed by atoms with Crippen molar-refractivity contribution in [3.63, 3.8) is 0 Å². The molecule has 0 saturated carbocycles. The molecular weight excluding hydrogens is 278 g/mol. The second kappa shape index (κ2) is 6.42. The van der Waals surface area contributed by atoms with Crippen molar-refractivity contribution in [2.24, 2.45) is 7.05 Å². The summed E-state index contributed by atoms with van der Waals surface area (Å²) in [6.45, 7) is 3.98. The number of hydrogen-bond acceptors (Lipinski definition) is 8. The minimum Gasteiger partial charge on any atom is -0.353 e. The summed E-state index contributed by atoms with van der Waals surface area (Å²) in [5.74, 6) is 1.27. The van der Waals surface area contributed by atoms with Gasteiger partial charge in [-0.05, 0) is 24.3 Å². The summed E-state index contributed by atoms with van der Waals surface area (Å²) in [4.78, 5) is 19.6. The van der Waals surface area contributed by atoms with Gasteiger partial charge in [0.25, 0.3) is 0 Å². The molecule has 0 atom stereocenters. The van der Waals surface area contributed by atoms with Crippen LogP contribution < -0.4 is 5.32 Å². The molecule has 2 aromatic rings. The lowest BCUT2D eigenvalue weighted by Crippen LogP contribution is -2.10. The topological polar surface area (TPSA) is 98.5 Å². The van der Waals surface area contributed by atoms with Gasteiger partial charge in [-0.3, -0.25) is 4.79 Å². The molecule has 0 radical (unpaired) electrons. The first kappa shape index (κ1) is 14.4. The lowest BCUT2D eigenvalue weighted by atomic mass is 10.2. The molecule has 0 aliphatic rings. The second-order valence-electron chi connectivity index (χ2n) is 4.11. The van der Waals surface area contributed by atoms with Crippen molar-refractivity contribution in [3.05, 3.63) is 17.5 Å². The lowest BCUT2D eigenvalue weighted by molar-refractivity contribution is 0.101. The van der Waals surface area contributed by atoms with Gasteiger partial charge in [0.1, 0.15) is 0 Å². The van der Waals surface area contributed by atoms with Crippen molar-refractivity contribution < 1.29 is 4.79 Å². The number of nitrogens with zero attached hydrogens (tertiary/aromatic N) is 6. The van der Waals surface area contributed by atoms with Crippen LogP contribution in [0.1, 0.15) is 23.0 Å². The van der Waals surface area contributed by atoms with E-state index in [9.17, 15) is 4.79 Å². The Morgan fingerprint density at radius 2 is 2.30 bits per heavy atom. The predicted octanol–water partition coefficient (Wildman–Crippen LogP) is 0.715. The van der Waals surface area contributed by atoms with E-state index in [0.717, 1.165) is 10.9 Å². The molecule has 1 N–H and O–H groups in total. The highest BCUT2D eigenvalue weighted by Crippen LogP contribution is 2.12. The van der Waals surface area contributed by atoms with Crippen LogP contribution in [-0.2, 0) is 7.05 Å². The number of aromatic nitrogens is 6. The Bertz CT molecular complexity index is 613. The van der Waals surface area contributed by atoms with E-state index in [1.807, 2.05) is 0 Å².